The van der Waals surface area contributed by atoms with E-state index in [-0.39, 0.29) is 39.8 Å². The van der Waals surface area contributed by atoms with Gasteiger partial charge in [-0.3, -0.25) is 24.4 Å². The van der Waals surface area contributed by atoms with Gasteiger partial charge in [0.1, 0.15) is 16.7 Å². The maximum atomic E-state index is 12.1. The third kappa shape index (κ3) is 33.6. The second-order valence-electron chi connectivity index (χ2n) is 16.0. The smallest absolute Gasteiger partial charge is 0.341 e. The van der Waals surface area contributed by atoms with Crippen LogP contribution in [0.1, 0.15) is 187 Å². The molecule has 0 saturated carbocycles. The number of aromatic carboxylic acids is 1. The highest BCUT2D eigenvalue weighted by Crippen LogP contribution is 2.19. The number of nitrogen functional groups attached to an aromatic ring is 1. The molecule has 0 saturated heterocycles. The van der Waals surface area contributed by atoms with Crippen LogP contribution in [0.4, 0.5) is 17.1 Å². The van der Waals surface area contributed by atoms with Crippen LogP contribution in [0.15, 0.2) is 55.4 Å². The minimum atomic E-state index is -3.53. The Morgan fingerprint density at radius 3 is 1.20 bits per heavy atom. The summed E-state index contributed by atoms with van der Waals surface area (Å²) >= 11 is 0. The molecule has 3 aromatic heterocycles. The van der Waals surface area contributed by atoms with Crippen LogP contribution >= 0.6 is 10.7 Å². The first-order valence-corrected chi connectivity index (χ1v) is 29.5. The Morgan fingerprint density at radius 2 is 0.841 bits per heavy atom. The topological polar surface area (TPSA) is 281 Å². The largest absolute Gasteiger partial charge is 0.478 e. The average molecular weight is 1050 g/mol. The normalized spacial score (nSPS) is 11.0. The first-order chi connectivity index (χ1) is 32.8. The quantitative estimate of drug-likeness (QED) is 0.0265. The molecule has 0 radical (unpaired) electrons. The molecule has 0 amide bonds. The van der Waals surface area contributed by atoms with Crippen molar-refractivity contribution in [3.8, 4) is 0 Å². The van der Waals surface area contributed by atoms with E-state index >= 15 is 0 Å². The van der Waals surface area contributed by atoms with Gasteiger partial charge in [-0.05, 0) is 37.5 Å². The fourth-order valence-electron chi connectivity index (χ4n) is 6.26. The van der Waals surface area contributed by atoms with E-state index in [1.54, 1.807) is 6.07 Å². The molecular formula is C47H77ClN6O12S3. The number of carbonyl (C=O) groups is 3. The Bertz CT molecular complexity index is 2240. The molecule has 0 aromatic carbocycles. The highest BCUT2D eigenvalue weighted by atomic mass is 35.7. The Balaban J connectivity index is 0.000000933. The summed E-state index contributed by atoms with van der Waals surface area (Å²) < 4.78 is 83.1. The van der Waals surface area contributed by atoms with Crippen LogP contribution < -0.4 is 15.2 Å². The molecule has 3 rings (SSSR count). The number of halogens is 1. The first-order valence-electron chi connectivity index (χ1n) is 23.7. The van der Waals surface area contributed by atoms with Gasteiger partial charge in [0.05, 0.1) is 42.9 Å². The van der Waals surface area contributed by atoms with Crippen LogP contribution in [0.25, 0.3) is 0 Å². The summed E-state index contributed by atoms with van der Waals surface area (Å²) in [6.07, 6.45) is 30.5. The summed E-state index contributed by atoms with van der Waals surface area (Å²) in [4.78, 5) is 44.8. The lowest BCUT2D eigenvalue weighted by molar-refractivity contribution is 0.0592. The number of unbranched alkanes of at least 4 members (excludes halogenated alkanes) is 18. The maximum absolute atomic E-state index is 12.1. The number of rotatable bonds is 31. The van der Waals surface area contributed by atoms with Gasteiger partial charge in [-0.1, -0.05) is 136 Å². The zero-order valence-electron chi connectivity index (χ0n) is 41.1. The lowest BCUT2D eigenvalue weighted by Crippen LogP contribution is -2.19. The van der Waals surface area contributed by atoms with Crippen molar-refractivity contribution in [1.29, 1.82) is 0 Å². The van der Waals surface area contributed by atoms with E-state index < -0.39 is 47.0 Å². The number of anilines is 3. The van der Waals surface area contributed by atoms with Crippen molar-refractivity contribution in [3.05, 3.63) is 72.1 Å². The van der Waals surface area contributed by atoms with Gasteiger partial charge < -0.3 is 20.3 Å². The van der Waals surface area contributed by atoms with Crippen LogP contribution in [0.5, 0.6) is 0 Å². The van der Waals surface area contributed by atoms with Crippen LogP contribution in [0, 0.1) is 0 Å². The van der Waals surface area contributed by atoms with Crippen LogP contribution in [0.2, 0.25) is 0 Å². The van der Waals surface area contributed by atoms with Gasteiger partial charge in [0.25, 0.3) is 0 Å². The van der Waals surface area contributed by atoms with E-state index in [1.165, 1.54) is 122 Å². The van der Waals surface area contributed by atoms with Gasteiger partial charge in [-0.15, -0.1) is 0 Å². The number of ether oxygens (including phenoxy) is 2. The fraction of sp³-hybridized carbons (Fsp3) is 0.617. The molecule has 5 N–H and O–H groups in total. The molecule has 0 aliphatic carbocycles. The molecule has 0 bridgehead atoms. The molecule has 0 spiro atoms. The third-order valence-electron chi connectivity index (χ3n) is 10.1. The lowest BCUT2D eigenvalue weighted by Gasteiger charge is -2.11. The van der Waals surface area contributed by atoms with Crippen LogP contribution in [0.3, 0.4) is 0 Å². The summed E-state index contributed by atoms with van der Waals surface area (Å²) in [6.45, 7) is 6.50. The number of pyridine rings is 3. The molecule has 69 heavy (non-hydrogen) atoms. The summed E-state index contributed by atoms with van der Waals surface area (Å²) in [5.41, 5.74) is 6.36. The zero-order chi connectivity index (χ0) is 52.0. The number of carbonyl (C=O) groups excluding carboxylic acids is 2. The minimum absolute atomic E-state index is 0.00214. The molecule has 0 aliphatic rings. The number of aromatic nitrogens is 3. The number of nitrogens with zero attached hydrogens (tertiary/aromatic N) is 3. The molecule has 0 unspecified atom stereocenters. The zero-order valence-corrected chi connectivity index (χ0v) is 44.3. The van der Waals surface area contributed by atoms with Gasteiger partial charge in [-0.2, -0.15) is 0 Å². The second kappa shape index (κ2) is 38.2. The Kier molecular flexibility index (Phi) is 35.6. The van der Waals surface area contributed by atoms with E-state index in [0.717, 1.165) is 57.6 Å². The molecule has 18 nitrogen and oxygen atoms in total. The summed E-state index contributed by atoms with van der Waals surface area (Å²) in [6, 6.07) is 4.35. The summed E-state index contributed by atoms with van der Waals surface area (Å²) in [7, 11) is -2.65. The van der Waals surface area contributed by atoms with E-state index in [1.807, 2.05) is 0 Å². The van der Waals surface area contributed by atoms with E-state index in [9.17, 15) is 39.6 Å². The van der Waals surface area contributed by atoms with E-state index in [4.69, 9.17) is 21.5 Å². The van der Waals surface area contributed by atoms with E-state index in [0.29, 0.717) is 30.5 Å². The standard InChI is InChI=1S/C16H26N2O4S.C15H24N2O4S.C9H19ClO2S.C7H8N2O2/c1-3-4-5-6-7-8-9-12-23(20,21)18-15-10-11-17-13-14(15)16(19)22-2;1-2-3-4-5-6-7-8-11-22(20,21)17-14-9-10-16-12-13(14)15(18)19;1-2-3-4-5-6-7-8-9-13(10,11)12;1-11-7(10)5-4-9-3-2-6(5)8/h10-11,13H,3-9,12H2,1-2H3,(H,17,18);9-10,12H,2-8,11H2,1H3,(H,16,17)(H,18,19);2-9H2,1H3;2-4H,1H3,(H2,8,9). The third-order valence-corrected chi connectivity index (χ3v) is 14.0. The maximum Gasteiger partial charge on any atom is 0.341 e. The minimum Gasteiger partial charge on any atom is -0.478 e. The molecule has 3 aromatic rings. The van der Waals surface area contributed by atoms with Crippen molar-refractivity contribution < 1.29 is 54.2 Å². The number of sulfonamides is 2. The number of hydrogen-bond acceptors (Lipinski definition) is 15. The van der Waals surface area contributed by atoms with Gasteiger partial charge >= 0.3 is 17.9 Å². The molecular weight excluding hydrogens is 972 g/mol. The number of carboxylic acid groups (broad SMARTS) is 1. The number of carboxylic acids is 1. The second-order valence-corrected chi connectivity index (χ2v) is 22.6. The van der Waals surface area contributed by atoms with Gasteiger partial charge in [0.2, 0.25) is 29.1 Å². The number of nitrogens with one attached hydrogen (secondary N) is 2. The van der Waals surface area contributed by atoms with Gasteiger partial charge in [0.15, 0.2) is 0 Å². The van der Waals surface area contributed by atoms with Crippen molar-refractivity contribution in [2.45, 2.75) is 156 Å². The molecule has 22 heteroatoms. The Morgan fingerprint density at radius 1 is 0.522 bits per heavy atom. The number of nitrogens with two attached hydrogens (primary N) is 1. The Hall–Kier alpha value is -4.60. The first kappa shape index (κ1) is 64.4. The molecule has 0 fully saturated rings. The number of methoxy groups -OCH3 is 2. The van der Waals surface area contributed by atoms with Gasteiger partial charge in [-0.25, -0.2) is 39.6 Å². The van der Waals surface area contributed by atoms with E-state index in [2.05, 4.69) is 54.6 Å². The van der Waals surface area contributed by atoms with Crippen molar-refractivity contribution in [3.63, 3.8) is 0 Å². The Labute approximate surface area is 416 Å². The highest BCUT2D eigenvalue weighted by molar-refractivity contribution is 8.13. The van der Waals surface area contributed by atoms with Crippen LogP contribution in [-0.4, -0.2) is 94.7 Å². The van der Waals surface area contributed by atoms with Crippen molar-refractivity contribution >= 4 is 74.7 Å². The van der Waals surface area contributed by atoms with Crippen LogP contribution in [-0.2, 0) is 38.6 Å². The molecule has 0 aliphatic heterocycles. The molecule has 0 atom stereocenters. The highest BCUT2D eigenvalue weighted by Gasteiger charge is 2.18. The number of hydrogen-bond donors (Lipinski definition) is 4. The lowest BCUT2D eigenvalue weighted by atomic mass is 10.1. The monoisotopic (exact) mass is 1050 g/mol. The molecule has 392 valence electrons. The SMILES string of the molecule is CCCCCCCCCS(=O)(=O)Cl.CCCCCCCCCS(=O)(=O)Nc1ccncc1C(=O)O.CCCCCCCCCS(=O)(=O)Nc1ccncc1C(=O)OC.COC(=O)c1cnccc1N. The summed E-state index contributed by atoms with van der Waals surface area (Å²) in [5, 5.41) is 9.00. The molecule has 3 heterocycles. The number of esters is 2. The summed E-state index contributed by atoms with van der Waals surface area (Å²) in [5.74, 6) is -2.11. The van der Waals surface area contributed by atoms with Crippen molar-refractivity contribution in [2.75, 3.05) is 46.7 Å². The fourth-order valence-corrected chi connectivity index (χ4v) is 9.54. The predicted molar refractivity (Wildman–Crippen MR) is 275 cm³/mol. The van der Waals surface area contributed by atoms with Crippen molar-refractivity contribution in [2.24, 2.45) is 0 Å². The average Bonchev–Trinajstić information content (AvgIpc) is 3.30. The van der Waals surface area contributed by atoms with Gasteiger partial charge in [0, 0.05) is 53.6 Å². The van der Waals surface area contributed by atoms with Crippen molar-refractivity contribution in [1.82, 2.24) is 15.0 Å². The predicted octanol–water partition coefficient (Wildman–Crippen LogP) is 10.4.